The predicted octanol–water partition coefficient (Wildman–Crippen LogP) is 2.00. The number of hydrogen-bond donors (Lipinski definition) is 3. The van der Waals surface area contributed by atoms with Crippen molar-refractivity contribution < 1.29 is 24.2 Å². The van der Waals surface area contributed by atoms with Gasteiger partial charge in [-0.15, -0.1) is 6.42 Å². The average molecular weight is 463 g/mol. The molecule has 10 heteroatoms. The minimum atomic E-state index is -0.878. The Hall–Kier alpha value is -4.07. The van der Waals surface area contributed by atoms with Crippen LogP contribution in [0.1, 0.15) is 11.1 Å². The summed E-state index contributed by atoms with van der Waals surface area (Å²) in [5.74, 6) is 2.38. The molecule has 5 amide bonds. The number of carbonyl (C=O) groups excluding carboxylic acids is 3. The van der Waals surface area contributed by atoms with Crippen molar-refractivity contribution in [1.82, 2.24) is 10.0 Å². The number of aliphatic hydroxyl groups excluding tert-OH is 1. The molecule has 2 aliphatic heterocycles. The minimum absolute atomic E-state index is 0.0290. The third-order valence-corrected chi connectivity index (χ3v) is 5.56. The van der Waals surface area contributed by atoms with Crippen LogP contribution in [0, 0.1) is 19.3 Å². The molecule has 2 saturated heterocycles. The second-order valence-corrected chi connectivity index (χ2v) is 8.00. The van der Waals surface area contributed by atoms with Crippen molar-refractivity contribution in [2.75, 3.05) is 48.4 Å². The zero-order valence-electron chi connectivity index (χ0n) is 18.7. The molecule has 176 valence electrons. The highest BCUT2D eigenvalue weighted by atomic mass is 16.5. The monoisotopic (exact) mass is 463 g/mol. The maximum atomic E-state index is 12.9. The van der Waals surface area contributed by atoms with E-state index in [1.807, 2.05) is 6.92 Å². The number of carbonyl (C=O) groups is 3. The first-order chi connectivity index (χ1) is 16.4. The molecule has 0 aliphatic carbocycles. The summed E-state index contributed by atoms with van der Waals surface area (Å²) in [4.78, 5) is 39.5. The molecule has 2 aliphatic rings. The van der Waals surface area contributed by atoms with Crippen LogP contribution in [-0.2, 0) is 9.53 Å². The normalized spacial score (nSPS) is 18.0. The molecule has 2 aromatic rings. The maximum absolute atomic E-state index is 12.9. The second-order valence-electron chi connectivity index (χ2n) is 8.00. The van der Waals surface area contributed by atoms with Gasteiger partial charge in [0.1, 0.15) is 6.61 Å². The molecule has 0 aromatic heterocycles. The lowest BCUT2D eigenvalue weighted by Crippen LogP contribution is -2.48. The van der Waals surface area contributed by atoms with Crippen LogP contribution in [0.15, 0.2) is 42.5 Å². The van der Waals surface area contributed by atoms with Gasteiger partial charge in [0, 0.05) is 29.2 Å². The molecule has 3 N–H and O–H groups in total. The van der Waals surface area contributed by atoms with Crippen LogP contribution in [0.3, 0.4) is 0 Å². The summed E-state index contributed by atoms with van der Waals surface area (Å²) in [5, 5.41) is 17.9. The molecule has 1 atom stereocenters. The van der Waals surface area contributed by atoms with E-state index in [2.05, 4.69) is 16.6 Å². The summed E-state index contributed by atoms with van der Waals surface area (Å²) >= 11 is 0. The molecule has 0 spiro atoms. The standard InChI is InChI=1S/C24H25N5O5/c1-3-17-4-6-18(7-5-17)25-23(32)28-13-20(30)14-29(28)24(33)26-19-8-9-21(16(2)12-19)27-10-11-34-15-22(27)31/h1,4-9,12,20,30H,10-11,13-15H2,2H3,(H,25,32)(H,26,33)/t20-/m1/s1. The van der Waals surface area contributed by atoms with Gasteiger partial charge in [-0.25, -0.2) is 19.6 Å². The number of aryl methyl sites for hydroxylation is 1. The summed E-state index contributed by atoms with van der Waals surface area (Å²) in [6.07, 6.45) is 4.47. The lowest BCUT2D eigenvalue weighted by molar-refractivity contribution is -0.125. The van der Waals surface area contributed by atoms with Gasteiger partial charge in [0.25, 0.3) is 5.91 Å². The molecule has 0 bridgehead atoms. The fourth-order valence-corrected chi connectivity index (χ4v) is 3.87. The number of amides is 5. The number of terminal acetylenes is 1. The summed E-state index contributed by atoms with van der Waals surface area (Å²) in [5.41, 5.74) is 3.24. The third-order valence-electron chi connectivity index (χ3n) is 5.56. The Kier molecular flexibility index (Phi) is 6.67. The van der Waals surface area contributed by atoms with Crippen LogP contribution >= 0.6 is 0 Å². The van der Waals surface area contributed by atoms with Crippen molar-refractivity contribution in [3.8, 4) is 12.3 Å². The Morgan fingerprint density at radius 2 is 1.68 bits per heavy atom. The fraction of sp³-hybridized carbons (Fsp3) is 0.292. The second kappa shape index (κ2) is 9.82. The summed E-state index contributed by atoms with van der Waals surface area (Å²) in [6, 6.07) is 10.8. The van der Waals surface area contributed by atoms with Crippen LogP contribution in [0.5, 0.6) is 0 Å². The number of nitrogens with zero attached hydrogens (tertiary/aromatic N) is 3. The van der Waals surface area contributed by atoms with Crippen LogP contribution < -0.4 is 15.5 Å². The van der Waals surface area contributed by atoms with Crippen LogP contribution in [0.25, 0.3) is 0 Å². The lowest BCUT2D eigenvalue weighted by atomic mass is 10.1. The smallest absolute Gasteiger partial charge is 0.340 e. The number of nitrogens with one attached hydrogen (secondary N) is 2. The molecular formula is C24H25N5O5. The van der Waals surface area contributed by atoms with Gasteiger partial charge in [-0.2, -0.15) is 0 Å². The van der Waals surface area contributed by atoms with E-state index in [1.165, 1.54) is 0 Å². The van der Waals surface area contributed by atoms with E-state index < -0.39 is 18.2 Å². The first-order valence-electron chi connectivity index (χ1n) is 10.8. The van der Waals surface area contributed by atoms with E-state index >= 15 is 0 Å². The Morgan fingerprint density at radius 3 is 2.26 bits per heavy atom. The number of hydrogen-bond acceptors (Lipinski definition) is 5. The molecule has 10 nitrogen and oxygen atoms in total. The van der Waals surface area contributed by atoms with Gasteiger partial charge >= 0.3 is 12.1 Å². The minimum Gasteiger partial charge on any atom is -0.389 e. The molecule has 4 rings (SSSR count). The van der Waals surface area contributed by atoms with Gasteiger partial charge in [0.05, 0.1) is 25.8 Å². The molecule has 2 heterocycles. The molecule has 34 heavy (non-hydrogen) atoms. The number of rotatable bonds is 3. The summed E-state index contributed by atoms with van der Waals surface area (Å²) in [6.45, 7) is 2.76. The van der Waals surface area contributed by atoms with E-state index in [-0.39, 0.29) is 25.6 Å². The zero-order chi connectivity index (χ0) is 24.2. The molecule has 0 saturated carbocycles. The first kappa shape index (κ1) is 23.1. The van der Waals surface area contributed by atoms with Crippen molar-refractivity contribution in [2.45, 2.75) is 13.0 Å². The highest BCUT2D eigenvalue weighted by Gasteiger charge is 2.36. The SMILES string of the molecule is C#Cc1ccc(NC(=O)N2C[C@@H](O)CN2C(=O)Nc2ccc(N3CCOCC3=O)c(C)c2)cc1. The largest absolute Gasteiger partial charge is 0.389 e. The number of benzene rings is 2. The third kappa shape index (κ3) is 4.96. The summed E-state index contributed by atoms with van der Waals surface area (Å²) in [7, 11) is 0. The lowest BCUT2D eigenvalue weighted by Gasteiger charge is -2.29. The number of anilines is 3. The average Bonchev–Trinajstić information content (AvgIpc) is 3.22. The molecule has 0 unspecified atom stereocenters. The number of urea groups is 2. The van der Waals surface area contributed by atoms with Gasteiger partial charge in [0.15, 0.2) is 0 Å². The number of β-amino-alcohol motifs (C(OH)–C–C–N with tert-alkyl or cyclic N) is 1. The van der Waals surface area contributed by atoms with Gasteiger partial charge < -0.3 is 25.4 Å². The van der Waals surface area contributed by atoms with E-state index in [0.717, 1.165) is 21.3 Å². The van der Waals surface area contributed by atoms with Crippen molar-refractivity contribution in [1.29, 1.82) is 0 Å². The highest BCUT2D eigenvalue weighted by Crippen LogP contribution is 2.26. The van der Waals surface area contributed by atoms with Crippen LogP contribution in [0.2, 0.25) is 0 Å². The maximum Gasteiger partial charge on any atom is 0.340 e. The van der Waals surface area contributed by atoms with E-state index in [0.29, 0.717) is 30.1 Å². The Labute approximate surface area is 197 Å². The van der Waals surface area contributed by atoms with Gasteiger partial charge in [0.2, 0.25) is 0 Å². The van der Waals surface area contributed by atoms with E-state index in [4.69, 9.17) is 11.2 Å². The molecule has 0 radical (unpaired) electrons. The van der Waals surface area contributed by atoms with E-state index in [9.17, 15) is 19.5 Å². The number of morpholine rings is 1. The van der Waals surface area contributed by atoms with Gasteiger partial charge in [-0.3, -0.25) is 4.79 Å². The summed E-state index contributed by atoms with van der Waals surface area (Å²) < 4.78 is 5.17. The first-order valence-corrected chi connectivity index (χ1v) is 10.8. The van der Waals surface area contributed by atoms with Crippen molar-refractivity contribution in [3.05, 3.63) is 53.6 Å². The molecule has 2 fully saturated rings. The number of hydrazine groups is 1. The van der Waals surface area contributed by atoms with Crippen molar-refractivity contribution in [2.24, 2.45) is 0 Å². The van der Waals surface area contributed by atoms with Crippen molar-refractivity contribution >= 4 is 35.0 Å². The quantitative estimate of drug-likeness (QED) is 0.603. The number of ether oxygens (including phenoxy) is 1. The van der Waals surface area contributed by atoms with Gasteiger partial charge in [-0.05, 0) is 55.0 Å². The van der Waals surface area contributed by atoms with E-state index in [1.54, 1.807) is 47.4 Å². The zero-order valence-corrected chi connectivity index (χ0v) is 18.7. The number of aliphatic hydroxyl groups is 1. The molecular weight excluding hydrogens is 438 g/mol. The Bertz CT molecular complexity index is 1140. The fourth-order valence-electron chi connectivity index (χ4n) is 3.87. The Balaban J connectivity index is 1.43. The van der Waals surface area contributed by atoms with Gasteiger partial charge in [-0.1, -0.05) is 5.92 Å². The topological polar surface area (TPSA) is 114 Å². The Morgan fingerprint density at radius 1 is 1.06 bits per heavy atom. The van der Waals surface area contributed by atoms with Crippen LogP contribution in [-0.4, -0.2) is 72.0 Å². The molecule has 2 aromatic carbocycles. The highest BCUT2D eigenvalue weighted by molar-refractivity contribution is 5.97. The predicted molar refractivity (Wildman–Crippen MR) is 126 cm³/mol. The van der Waals surface area contributed by atoms with Crippen molar-refractivity contribution in [3.63, 3.8) is 0 Å². The van der Waals surface area contributed by atoms with Crippen LogP contribution in [0.4, 0.5) is 26.7 Å².